The van der Waals surface area contributed by atoms with Crippen molar-refractivity contribution in [2.24, 2.45) is 0 Å². The van der Waals surface area contributed by atoms with Crippen LogP contribution >= 0.6 is 0 Å². The molecule has 0 saturated carbocycles. The second-order valence-corrected chi connectivity index (χ2v) is 6.00. The van der Waals surface area contributed by atoms with Crippen LogP contribution in [0.1, 0.15) is 47.0 Å². The third-order valence-corrected chi connectivity index (χ3v) is 2.89. The monoisotopic (exact) mass is 286 g/mol. The molecule has 0 unspecified atom stereocenters. The van der Waals surface area contributed by atoms with E-state index in [1.54, 1.807) is 4.90 Å². The van der Waals surface area contributed by atoms with Crippen LogP contribution in [-0.4, -0.2) is 48.4 Å². The van der Waals surface area contributed by atoms with Crippen LogP contribution in [0.3, 0.4) is 0 Å². The lowest BCUT2D eigenvalue weighted by Gasteiger charge is -2.33. The van der Waals surface area contributed by atoms with Crippen molar-refractivity contribution in [3.8, 4) is 0 Å². The van der Waals surface area contributed by atoms with Crippen LogP contribution < -0.4 is 5.32 Å². The Morgan fingerprint density at radius 3 is 2.35 bits per heavy atom. The maximum Gasteiger partial charge on any atom is 0.410 e. The quantitative estimate of drug-likeness (QED) is 0.865. The van der Waals surface area contributed by atoms with Gasteiger partial charge in [-0.15, -0.1) is 0 Å². The van der Waals surface area contributed by atoms with E-state index in [9.17, 15) is 9.59 Å². The molecule has 1 heterocycles. The van der Waals surface area contributed by atoms with Crippen LogP contribution in [0.2, 0.25) is 0 Å². The van der Waals surface area contributed by atoms with E-state index in [0.717, 1.165) is 6.42 Å². The van der Waals surface area contributed by atoms with Crippen LogP contribution in [0.15, 0.2) is 0 Å². The number of hydrogen-bond acceptors (Lipinski definition) is 4. The van der Waals surface area contributed by atoms with Gasteiger partial charge >= 0.3 is 12.2 Å². The molecule has 0 atom stereocenters. The molecule has 1 aliphatic heterocycles. The van der Waals surface area contributed by atoms with Crippen molar-refractivity contribution in [2.75, 3.05) is 19.6 Å². The lowest BCUT2D eigenvalue weighted by atomic mass is 10.1. The second kappa shape index (κ2) is 7.36. The minimum atomic E-state index is -0.482. The van der Waals surface area contributed by atoms with Gasteiger partial charge < -0.3 is 19.7 Å². The van der Waals surface area contributed by atoms with Crippen LogP contribution in [0.25, 0.3) is 0 Å². The molecule has 0 aromatic rings. The Labute approximate surface area is 120 Å². The zero-order chi connectivity index (χ0) is 15.2. The largest absolute Gasteiger partial charge is 0.446 e. The Bertz CT molecular complexity index is 331. The Morgan fingerprint density at radius 2 is 1.85 bits per heavy atom. The highest BCUT2D eigenvalue weighted by molar-refractivity contribution is 5.68. The fourth-order valence-electron chi connectivity index (χ4n) is 1.90. The van der Waals surface area contributed by atoms with Crippen LogP contribution in [-0.2, 0) is 9.47 Å². The molecule has 116 valence electrons. The Hall–Kier alpha value is -1.46. The number of carbonyl (C=O) groups excluding carboxylic acids is 2. The maximum atomic E-state index is 11.9. The number of hydrogen-bond donors (Lipinski definition) is 1. The molecule has 0 aromatic heterocycles. The number of ether oxygens (including phenoxy) is 2. The van der Waals surface area contributed by atoms with Crippen molar-refractivity contribution in [3.63, 3.8) is 0 Å². The third-order valence-electron chi connectivity index (χ3n) is 2.89. The number of piperidine rings is 1. The highest BCUT2D eigenvalue weighted by Crippen LogP contribution is 2.17. The van der Waals surface area contributed by atoms with E-state index in [1.165, 1.54) is 0 Å². The topological polar surface area (TPSA) is 67.9 Å². The summed E-state index contributed by atoms with van der Waals surface area (Å²) in [5.41, 5.74) is -0.482. The van der Waals surface area contributed by atoms with Gasteiger partial charge in [0.2, 0.25) is 0 Å². The van der Waals surface area contributed by atoms with E-state index in [4.69, 9.17) is 9.47 Å². The van der Waals surface area contributed by atoms with Gasteiger partial charge in [0.1, 0.15) is 11.7 Å². The van der Waals surface area contributed by atoms with Crippen molar-refractivity contribution in [3.05, 3.63) is 0 Å². The van der Waals surface area contributed by atoms with Crippen molar-refractivity contribution in [2.45, 2.75) is 58.7 Å². The standard InChI is InChI=1S/C14H26N2O4/c1-5-8-15-12(17)19-11-6-9-16(10-7-11)13(18)20-14(2,3)4/h11H,5-10H2,1-4H3,(H,15,17). The molecule has 0 aliphatic carbocycles. The van der Waals surface area contributed by atoms with E-state index < -0.39 is 5.60 Å². The zero-order valence-electron chi connectivity index (χ0n) is 12.9. The van der Waals surface area contributed by atoms with Crippen LogP contribution in [0, 0.1) is 0 Å². The fraction of sp³-hybridized carbons (Fsp3) is 0.857. The number of alkyl carbamates (subject to hydrolysis) is 1. The molecular weight excluding hydrogens is 260 g/mol. The van der Waals surface area contributed by atoms with Crippen LogP contribution in [0.5, 0.6) is 0 Å². The minimum Gasteiger partial charge on any atom is -0.446 e. The molecular formula is C14H26N2O4. The Balaban J connectivity index is 2.29. The molecule has 2 amide bonds. The molecule has 1 rings (SSSR count). The van der Waals surface area contributed by atoms with Crippen molar-refractivity contribution >= 4 is 12.2 Å². The van der Waals surface area contributed by atoms with Gasteiger partial charge in [0.15, 0.2) is 0 Å². The molecule has 6 nitrogen and oxygen atoms in total. The highest BCUT2D eigenvalue weighted by atomic mass is 16.6. The first-order chi connectivity index (χ1) is 9.31. The van der Waals surface area contributed by atoms with Crippen molar-refractivity contribution in [1.29, 1.82) is 0 Å². The number of rotatable bonds is 3. The van der Waals surface area contributed by atoms with E-state index in [1.807, 2.05) is 27.7 Å². The molecule has 6 heteroatoms. The van der Waals surface area contributed by atoms with E-state index in [0.29, 0.717) is 32.5 Å². The first-order valence-electron chi connectivity index (χ1n) is 7.24. The molecule has 0 radical (unpaired) electrons. The molecule has 1 saturated heterocycles. The normalized spacial score (nSPS) is 16.7. The van der Waals surface area contributed by atoms with E-state index >= 15 is 0 Å². The lowest BCUT2D eigenvalue weighted by Crippen LogP contribution is -2.44. The van der Waals surface area contributed by atoms with Gasteiger partial charge in [-0.2, -0.15) is 0 Å². The van der Waals surface area contributed by atoms with E-state index in [2.05, 4.69) is 5.32 Å². The number of likely N-dealkylation sites (tertiary alicyclic amines) is 1. The number of carbonyl (C=O) groups is 2. The summed E-state index contributed by atoms with van der Waals surface area (Å²) >= 11 is 0. The first kappa shape index (κ1) is 16.6. The van der Waals surface area contributed by atoms with Gasteiger partial charge in [0.05, 0.1) is 0 Å². The third kappa shape index (κ3) is 6.12. The van der Waals surface area contributed by atoms with E-state index in [-0.39, 0.29) is 18.3 Å². The van der Waals surface area contributed by atoms with Crippen molar-refractivity contribution in [1.82, 2.24) is 10.2 Å². The molecule has 20 heavy (non-hydrogen) atoms. The summed E-state index contributed by atoms with van der Waals surface area (Å²) in [5, 5.41) is 2.68. The summed E-state index contributed by atoms with van der Waals surface area (Å²) in [6.45, 7) is 9.26. The maximum absolute atomic E-state index is 11.9. The van der Waals surface area contributed by atoms with Gasteiger partial charge in [-0.25, -0.2) is 9.59 Å². The average molecular weight is 286 g/mol. The molecule has 0 spiro atoms. The van der Waals surface area contributed by atoms with Gasteiger partial charge in [-0.3, -0.25) is 0 Å². The summed E-state index contributed by atoms with van der Waals surface area (Å²) in [6, 6.07) is 0. The fourth-order valence-corrected chi connectivity index (χ4v) is 1.90. The molecule has 1 fully saturated rings. The number of nitrogens with zero attached hydrogens (tertiary/aromatic N) is 1. The molecule has 1 N–H and O–H groups in total. The summed E-state index contributed by atoms with van der Waals surface area (Å²) in [7, 11) is 0. The summed E-state index contributed by atoms with van der Waals surface area (Å²) in [6.07, 6.45) is 1.39. The molecule has 0 bridgehead atoms. The first-order valence-corrected chi connectivity index (χ1v) is 7.24. The predicted molar refractivity (Wildman–Crippen MR) is 75.6 cm³/mol. The highest BCUT2D eigenvalue weighted by Gasteiger charge is 2.28. The SMILES string of the molecule is CCCNC(=O)OC1CCN(C(=O)OC(C)(C)C)CC1. The predicted octanol–water partition coefficient (Wildman–Crippen LogP) is 2.52. The molecule has 1 aliphatic rings. The lowest BCUT2D eigenvalue weighted by molar-refractivity contribution is 0.00651. The number of nitrogens with one attached hydrogen (secondary N) is 1. The minimum absolute atomic E-state index is 0.120. The second-order valence-electron chi connectivity index (χ2n) is 6.00. The van der Waals surface area contributed by atoms with Gasteiger partial charge in [-0.1, -0.05) is 6.92 Å². The zero-order valence-corrected chi connectivity index (χ0v) is 12.9. The van der Waals surface area contributed by atoms with Gasteiger partial charge in [0, 0.05) is 32.5 Å². The van der Waals surface area contributed by atoms with Gasteiger partial charge in [-0.05, 0) is 27.2 Å². The Morgan fingerprint density at radius 1 is 1.25 bits per heavy atom. The summed E-state index contributed by atoms with van der Waals surface area (Å²) in [4.78, 5) is 25.0. The van der Waals surface area contributed by atoms with Crippen LogP contribution in [0.4, 0.5) is 9.59 Å². The van der Waals surface area contributed by atoms with Crippen molar-refractivity contribution < 1.29 is 19.1 Å². The summed E-state index contributed by atoms with van der Waals surface area (Å²) < 4.78 is 10.6. The van der Waals surface area contributed by atoms with Gasteiger partial charge in [0.25, 0.3) is 0 Å². The average Bonchev–Trinajstić information content (AvgIpc) is 2.35. The summed E-state index contributed by atoms with van der Waals surface area (Å²) in [5.74, 6) is 0. The number of amides is 2. The molecule has 0 aromatic carbocycles. The smallest absolute Gasteiger partial charge is 0.410 e. The Kier molecular flexibility index (Phi) is 6.10.